The van der Waals surface area contributed by atoms with Gasteiger partial charge in [0.2, 0.25) is 0 Å². The molecule has 4 heteroatoms. The number of nitrogens with two attached hydrogens (primary N) is 1. The minimum Gasteiger partial charge on any atom is -0.494 e. The highest BCUT2D eigenvalue weighted by Gasteiger charge is 2.18. The second kappa shape index (κ2) is 6.59. The van der Waals surface area contributed by atoms with E-state index in [0.717, 1.165) is 11.3 Å². The normalized spacial score (nSPS) is 12.0. The Kier molecular flexibility index (Phi) is 4.81. The smallest absolute Gasteiger partial charge is 0.165 e. The standard InChI is InChI=1S/C17H21FN2O/c1-12-5-4-6-14(9-12)20(2)16(11-19)13-7-8-17(21-3)15(18)10-13/h4-10,16H,11,19H2,1-3H3. The van der Waals surface area contributed by atoms with Crippen LogP contribution in [0.15, 0.2) is 42.5 Å². The van der Waals surface area contributed by atoms with Crippen molar-refractivity contribution < 1.29 is 9.13 Å². The molecule has 1 atom stereocenters. The molecule has 2 rings (SSSR count). The Morgan fingerprint density at radius 1 is 1.24 bits per heavy atom. The van der Waals surface area contributed by atoms with Gasteiger partial charge in [0, 0.05) is 19.3 Å². The number of anilines is 1. The van der Waals surface area contributed by atoms with Crippen LogP contribution in [-0.2, 0) is 0 Å². The fourth-order valence-electron chi connectivity index (χ4n) is 2.44. The lowest BCUT2D eigenvalue weighted by Crippen LogP contribution is -2.30. The number of rotatable bonds is 5. The van der Waals surface area contributed by atoms with Crippen LogP contribution in [0.3, 0.4) is 0 Å². The quantitative estimate of drug-likeness (QED) is 0.917. The maximum atomic E-state index is 13.9. The Labute approximate surface area is 125 Å². The topological polar surface area (TPSA) is 38.5 Å². The van der Waals surface area contributed by atoms with Crippen molar-refractivity contribution in [2.24, 2.45) is 5.73 Å². The zero-order chi connectivity index (χ0) is 15.4. The number of nitrogens with zero attached hydrogens (tertiary/aromatic N) is 1. The predicted molar refractivity (Wildman–Crippen MR) is 84.3 cm³/mol. The summed E-state index contributed by atoms with van der Waals surface area (Å²) in [7, 11) is 3.42. The highest BCUT2D eigenvalue weighted by atomic mass is 19.1. The second-order valence-corrected chi connectivity index (χ2v) is 5.10. The van der Waals surface area contributed by atoms with Crippen molar-refractivity contribution in [3.8, 4) is 5.75 Å². The van der Waals surface area contributed by atoms with E-state index in [1.807, 2.05) is 38.2 Å². The van der Waals surface area contributed by atoms with Crippen LogP contribution >= 0.6 is 0 Å². The first-order valence-electron chi connectivity index (χ1n) is 6.89. The molecule has 0 saturated carbocycles. The van der Waals surface area contributed by atoms with Gasteiger partial charge in [-0.15, -0.1) is 0 Å². The second-order valence-electron chi connectivity index (χ2n) is 5.10. The van der Waals surface area contributed by atoms with Gasteiger partial charge in [0.1, 0.15) is 0 Å². The van der Waals surface area contributed by atoms with Crippen LogP contribution in [0.1, 0.15) is 17.2 Å². The summed E-state index contributed by atoms with van der Waals surface area (Å²) < 4.78 is 18.8. The molecule has 0 aromatic heterocycles. The van der Waals surface area contributed by atoms with Gasteiger partial charge in [0.15, 0.2) is 11.6 Å². The van der Waals surface area contributed by atoms with E-state index in [0.29, 0.717) is 6.54 Å². The zero-order valence-electron chi connectivity index (χ0n) is 12.6. The minimum atomic E-state index is -0.369. The molecule has 0 heterocycles. The predicted octanol–water partition coefficient (Wildman–Crippen LogP) is 3.28. The summed E-state index contributed by atoms with van der Waals surface area (Å²) in [4.78, 5) is 2.06. The number of methoxy groups -OCH3 is 1. The molecule has 0 amide bonds. The van der Waals surface area contributed by atoms with E-state index in [1.54, 1.807) is 6.07 Å². The first-order valence-corrected chi connectivity index (χ1v) is 6.89. The average molecular weight is 288 g/mol. The van der Waals surface area contributed by atoms with Crippen LogP contribution in [0.2, 0.25) is 0 Å². The number of aryl methyl sites for hydroxylation is 1. The van der Waals surface area contributed by atoms with E-state index < -0.39 is 0 Å². The van der Waals surface area contributed by atoms with Gasteiger partial charge >= 0.3 is 0 Å². The Morgan fingerprint density at radius 3 is 2.57 bits per heavy atom. The van der Waals surface area contributed by atoms with Crippen LogP contribution < -0.4 is 15.4 Å². The maximum Gasteiger partial charge on any atom is 0.165 e. The van der Waals surface area contributed by atoms with Crippen LogP contribution in [0, 0.1) is 12.7 Å². The van der Waals surface area contributed by atoms with Crippen molar-refractivity contribution in [2.75, 3.05) is 25.6 Å². The number of ether oxygens (including phenoxy) is 1. The summed E-state index contributed by atoms with van der Waals surface area (Å²) in [5.74, 6) is -0.126. The van der Waals surface area contributed by atoms with Crippen molar-refractivity contribution in [3.05, 3.63) is 59.4 Å². The lowest BCUT2D eigenvalue weighted by molar-refractivity contribution is 0.386. The molecule has 2 N–H and O–H groups in total. The summed E-state index contributed by atoms with van der Waals surface area (Å²) >= 11 is 0. The van der Waals surface area contributed by atoms with Crippen molar-refractivity contribution in [3.63, 3.8) is 0 Å². The summed E-state index contributed by atoms with van der Waals surface area (Å²) in [5.41, 5.74) is 8.97. The highest BCUT2D eigenvalue weighted by molar-refractivity contribution is 5.50. The van der Waals surface area contributed by atoms with E-state index >= 15 is 0 Å². The van der Waals surface area contributed by atoms with E-state index in [9.17, 15) is 4.39 Å². The van der Waals surface area contributed by atoms with Gasteiger partial charge in [-0.2, -0.15) is 0 Å². The first kappa shape index (κ1) is 15.3. The Balaban J connectivity index is 2.32. The van der Waals surface area contributed by atoms with E-state index in [1.165, 1.54) is 18.7 Å². The number of likely N-dealkylation sites (N-methyl/N-ethyl adjacent to an activating group) is 1. The fourth-order valence-corrected chi connectivity index (χ4v) is 2.44. The molecule has 0 bridgehead atoms. The molecule has 0 aliphatic carbocycles. The van der Waals surface area contributed by atoms with Gasteiger partial charge in [-0.05, 0) is 42.3 Å². The fraction of sp³-hybridized carbons (Fsp3) is 0.294. The molecule has 0 aliphatic heterocycles. The molecule has 21 heavy (non-hydrogen) atoms. The van der Waals surface area contributed by atoms with Gasteiger partial charge in [-0.1, -0.05) is 18.2 Å². The molecular weight excluding hydrogens is 267 g/mol. The zero-order valence-corrected chi connectivity index (χ0v) is 12.6. The lowest BCUT2D eigenvalue weighted by atomic mass is 10.0. The van der Waals surface area contributed by atoms with Gasteiger partial charge in [0.05, 0.1) is 13.2 Å². The molecule has 0 radical (unpaired) electrons. The van der Waals surface area contributed by atoms with Crippen molar-refractivity contribution in [2.45, 2.75) is 13.0 Å². The molecular formula is C17H21FN2O. The van der Waals surface area contributed by atoms with Gasteiger partial charge in [-0.25, -0.2) is 4.39 Å². The number of hydrogen-bond acceptors (Lipinski definition) is 3. The summed E-state index contributed by atoms with van der Waals surface area (Å²) in [6, 6.07) is 13.0. The molecule has 2 aromatic rings. The van der Waals surface area contributed by atoms with Gasteiger partial charge < -0.3 is 15.4 Å². The third kappa shape index (κ3) is 3.34. The number of halogens is 1. The molecule has 2 aromatic carbocycles. The van der Waals surface area contributed by atoms with E-state index in [2.05, 4.69) is 11.0 Å². The molecule has 0 spiro atoms. The van der Waals surface area contributed by atoms with Gasteiger partial charge in [0.25, 0.3) is 0 Å². The Bertz CT molecular complexity index is 615. The number of hydrogen-bond donors (Lipinski definition) is 1. The largest absolute Gasteiger partial charge is 0.494 e. The van der Waals surface area contributed by atoms with Crippen LogP contribution in [0.4, 0.5) is 10.1 Å². The highest BCUT2D eigenvalue weighted by Crippen LogP contribution is 2.28. The Morgan fingerprint density at radius 2 is 2.00 bits per heavy atom. The molecule has 0 fully saturated rings. The summed E-state index contributed by atoms with van der Waals surface area (Å²) in [5, 5.41) is 0. The third-order valence-corrected chi connectivity index (χ3v) is 3.66. The minimum absolute atomic E-state index is 0.0905. The lowest BCUT2D eigenvalue weighted by Gasteiger charge is -2.30. The molecule has 1 unspecified atom stereocenters. The molecule has 0 saturated heterocycles. The monoisotopic (exact) mass is 288 g/mol. The van der Waals surface area contributed by atoms with Crippen molar-refractivity contribution in [1.29, 1.82) is 0 Å². The molecule has 3 nitrogen and oxygen atoms in total. The van der Waals surface area contributed by atoms with Crippen LogP contribution in [0.25, 0.3) is 0 Å². The average Bonchev–Trinajstić information content (AvgIpc) is 2.48. The van der Waals surface area contributed by atoms with Crippen LogP contribution in [-0.4, -0.2) is 20.7 Å². The maximum absolute atomic E-state index is 13.9. The van der Waals surface area contributed by atoms with Crippen molar-refractivity contribution >= 4 is 5.69 Å². The van der Waals surface area contributed by atoms with Gasteiger partial charge in [-0.3, -0.25) is 0 Å². The summed E-state index contributed by atoms with van der Waals surface area (Å²) in [6.07, 6.45) is 0. The molecule has 112 valence electrons. The van der Waals surface area contributed by atoms with Crippen LogP contribution in [0.5, 0.6) is 5.75 Å². The van der Waals surface area contributed by atoms with E-state index in [-0.39, 0.29) is 17.6 Å². The Hall–Kier alpha value is -2.07. The summed E-state index contributed by atoms with van der Waals surface area (Å²) in [6.45, 7) is 2.44. The van der Waals surface area contributed by atoms with Crippen molar-refractivity contribution in [1.82, 2.24) is 0 Å². The number of benzene rings is 2. The first-order chi connectivity index (χ1) is 10.1. The SMILES string of the molecule is COc1ccc(C(CN)N(C)c2cccc(C)c2)cc1F. The third-order valence-electron chi connectivity index (χ3n) is 3.66. The van der Waals surface area contributed by atoms with E-state index in [4.69, 9.17) is 10.5 Å². The molecule has 0 aliphatic rings.